The SMILES string of the molecule is CCCC1(C(=O)O)CCN(C(=O)c2ccc(Cl)s2)C1. The van der Waals surface area contributed by atoms with E-state index in [0.29, 0.717) is 35.1 Å². The van der Waals surface area contributed by atoms with Crippen molar-refractivity contribution < 1.29 is 14.7 Å². The highest BCUT2D eigenvalue weighted by Gasteiger charge is 2.45. The number of likely N-dealkylation sites (tertiary alicyclic amines) is 1. The van der Waals surface area contributed by atoms with E-state index in [1.807, 2.05) is 6.92 Å². The Balaban J connectivity index is 2.13. The number of aliphatic carboxylic acids is 1. The molecule has 19 heavy (non-hydrogen) atoms. The van der Waals surface area contributed by atoms with Crippen LogP contribution in [0.5, 0.6) is 0 Å². The van der Waals surface area contributed by atoms with E-state index in [1.54, 1.807) is 17.0 Å². The molecule has 0 bridgehead atoms. The van der Waals surface area contributed by atoms with E-state index in [-0.39, 0.29) is 5.91 Å². The van der Waals surface area contributed by atoms with Crippen molar-refractivity contribution in [1.29, 1.82) is 0 Å². The Labute approximate surface area is 121 Å². The van der Waals surface area contributed by atoms with Crippen LogP contribution in [0.3, 0.4) is 0 Å². The Morgan fingerprint density at radius 3 is 2.79 bits per heavy atom. The molecule has 0 aliphatic carbocycles. The van der Waals surface area contributed by atoms with E-state index in [1.165, 1.54) is 11.3 Å². The molecule has 6 heteroatoms. The minimum Gasteiger partial charge on any atom is -0.481 e. The van der Waals surface area contributed by atoms with Crippen LogP contribution in [0.4, 0.5) is 0 Å². The highest BCUT2D eigenvalue weighted by Crippen LogP contribution is 2.36. The number of carboxylic acids is 1. The lowest BCUT2D eigenvalue weighted by Crippen LogP contribution is -2.36. The van der Waals surface area contributed by atoms with Crippen molar-refractivity contribution in [1.82, 2.24) is 4.90 Å². The molecule has 1 aromatic heterocycles. The van der Waals surface area contributed by atoms with Gasteiger partial charge in [-0.3, -0.25) is 9.59 Å². The maximum atomic E-state index is 12.3. The first-order valence-corrected chi connectivity index (χ1v) is 7.46. The molecule has 0 radical (unpaired) electrons. The average Bonchev–Trinajstić information content (AvgIpc) is 2.96. The van der Waals surface area contributed by atoms with Gasteiger partial charge in [0.25, 0.3) is 5.91 Å². The summed E-state index contributed by atoms with van der Waals surface area (Å²) < 4.78 is 0.570. The van der Waals surface area contributed by atoms with Gasteiger partial charge in [-0.05, 0) is 25.0 Å². The van der Waals surface area contributed by atoms with Gasteiger partial charge in [-0.1, -0.05) is 24.9 Å². The first-order valence-electron chi connectivity index (χ1n) is 6.26. The number of hydrogen-bond acceptors (Lipinski definition) is 3. The van der Waals surface area contributed by atoms with Crippen LogP contribution >= 0.6 is 22.9 Å². The quantitative estimate of drug-likeness (QED) is 0.929. The van der Waals surface area contributed by atoms with Gasteiger partial charge in [0.1, 0.15) is 0 Å². The number of carbonyl (C=O) groups is 2. The molecule has 1 N–H and O–H groups in total. The van der Waals surface area contributed by atoms with Gasteiger partial charge in [-0.25, -0.2) is 0 Å². The summed E-state index contributed by atoms with van der Waals surface area (Å²) in [5.41, 5.74) is -0.772. The van der Waals surface area contributed by atoms with Crippen molar-refractivity contribution in [2.45, 2.75) is 26.2 Å². The molecule has 1 fully saturated rings. The first kappa shape index (κ1) is 14.3. The molecule has 1 aliphatic heterocycles. The Kier molecular flexibility index (Phi) is 4.16. The minimum atomic E-state index is -0.797. The highest BCUT2D eigenvalue weighted by molar-refractivity contribution is 7.17. The molecule has 104 valence electrons. The van der Waals surface area contributed by atoms with E-state index < -0.39 is 11.4 Å². The lowest BCUT2D eigenvalue weighted by atomic mass is 9.83. The third-order valence-electron chi connectivity index (χ3n) is 3.61. The second-order valence-corrected chi connectivity index (χ2v) is 6.63. The summed E-state index contributed by atoms with van der Waals surface area (Å²) in [6, 6.07) is 3.38. The van der Waals surface area contributed by atoms with Crippen LogP contribution in [0.15, 0.2) is 12.1 Å². The van der Waals surface area contributed by atoms with E-state index in [4.69, 9.17) is 11.6 Å². The molecule has 1 aromatic rings. The number of nitrogens with zero attached hydrogens (tertiary/aromatic N) is 1. The van der Waals surface area contributed by atoms with Gasteiger partial charge in [0, 0.05) is 13.1 Å². The van der Waals surface area contributed by atoms with E-state index in [0.717, 1.165) is 6.42 Å². The summed E-state index contributed by atoms with van der Waals surface area (Å²) in [7, 11) is 0. The van der Waals surface area contributed by atoms with Gasteiger partial charge in [0.2, 0.25) is 0 Å². The second-order valence-electron chi connectivity index (χ2n) is 4.92. The lowest BCUT2D eigenvalue weighted by molar-refractivity contribution is -0.148. The van der Waals surface area contributed by atoms with Crippen LogP contribution in [0, 0.1) is 5.41 Å². The minimum absolute atomic E-state index is 0.115. The molecule has 1 atom stereocenters. The fourth-order valence-corrected chi connectivity index (χ4v) is 3.61. The Bertz CT molecular complexity index is 502. The fraction of sp³-hybridized carbons (Fsp3) is 0.538. The highest BCUT2D eigenvalue weighted by atomic mass is 35.5. The molecular formula is C13H16ClNO3S. The zero-order valence-corrected chi connectivity index (χ0v) is 12.3. The van der Waals surface area contributed by atoms with Crippen molar-refractivity contribution in [3.05, 3.63) is 21.3 Å². The number of rotatable bonds is 4. The van der Waals surface area contributed by atoms with E-state index >= 15 is 0 Å². The topological polar surface area (TPSA) is 57.6 Å². The van der Waals surface area contributed by atoms with Crippen LogP contribution in [-0.2, 0) is 4.79 Å². The van der Waals surface area contributed by atoms with Gasteiger partial charge in [0.05, 0.1) is 14.6 Å². The summed E-state index contributed by atoms with van der Waals surface area (Å²) in [5, 5.41) is 9.41. The monoisotopic (exact) mass is 301 g/mol. The zero-order chi connectivity index (χ0) is 14.0. The molecule has 1 aliphatic rings. The lowest BCUT2D eigenvalue weighted by Gasteiger charge is -2.23. The maximum Gasteiger partial charge on any atom is 0.311 e. The number of carbonyl (C=O) groups excluding carboxylic acids is 1. The summed E-state index contributed by atoms with van der Waals surface area (Å²) in [5.74, 6) is -0.912. The number of thiophene rings is 1. The van der Waals surface area contributed by atoms with Gasteiger partial charge >= 0.3 is 5.97 Å². The third kappa shape index (κ3) is 2.77. The number of hydrogen-bond donors (Lipinski definition) is 1. The molecule has 0 spiro atoms. The maximum absolute atomic E-state index is 12.3. The third-order valence-corrected chi connectivity index (χ3v) is 4.83. The van der Waals surface area contributed by atoms with Crippen LogP contribution in [-0.4, -0.2) is 35.0 Å². The predicted octanol–water partition coefficient (Wildman–Crippen LogP) is 3.12. The van der Waals surface area contributed by atoms with E-state index in [2.05, 4.69) is 0 Å². The van der Waals surface area contributed by atoms with Crippen LogP contribution < -0.4 is 0 Å². The normalized spacial score (nSPS) is 22.7. The molecule has 1 amide bonds. The van der Waals surface area contributed by atoms with Crippen LogP contribution in [0.25, 0.3) is 0 Å². The summed E-state index contributed by atoms with van der Waals surface area (Å²) in [4.78, 5) is 25.9. The molecule has 2 rings (SSSR count). The van der Waals surface area contributed by atoms with Crippen LogP contribution in [0.2, 0.25) is 4.34 Å². The molecule has 0 aromatic carbocycles. The smallest absolute Gasteiger partial charge is 0.311 e. The summed E-state index contributed by atoms with van der Waals surface area (Å²) >= 11 is 7.05. The fourth-order valence-electron chi connectivity index (χ4n) is 2.59. The summed E-state index contributed by atoms with van der Waals surface area (Å²) in [6.07, 6.45) is 1.94. The number of carboxylic acid groups (broad SMARTS) is 1. The molecule has 0 saturated carbocycles. The van der Waals surface area contributed by atoms with Gasteiger partial charge in [-0.15, -0.1) is 11.3 Å². The average molecular weight is 302 g/mol. The van der Waals surface area contributed by atoms with Crippen LogP contribution in [0.1, 0.15) is 35.9 Å². The molecular weight excluding hydrogens is 286 g/mol. The zero-order valence-electron chi connectivity index (χ0n) is 10.7. The molecule has 4 nitrogen and oxygen atoms in total. The van der Waals surface area contributed by atoms with Crippen molar-refractivity contribution in [3.63, 3.8) is 0 Å². The van der Waals surface area contributed by atoms with Gasteiger partial charge in [-0.2, -0.15) is 0 Å². The Hall–Kier alpha value is -1.07. The Morgan fingerprint density at radius 1 is 1.53 bits per heavy atom. The van der Waals surface area contributed by atoms with E-state index in [9.17, 15) is 14.7 Å². The van der Waals surface area contributed by atoms with Gasteiger partial charge < -0.3 is 10.0 Å². The largest absolute Gasteiger partial charge is 0.481 e. The van der Waals surface area contributed by atoms with Crippen molar-refractivity contribution >= 4 is 34.8 Å². The Morgan fingerprint density at radius 2 is 2.26 bits per heavy atom. The van der Waals surface area contributed by atoms with Gasteiger partial charge in [0.15, 0.2) is 0 Å². The van der Waals surface area contributed by atoms with Crippen molar-refractivity contribution in [2.24, 2.45) is 5.41 Å². The second kappa shape index (κ2) is 5.51. The first-order chi connectivity index (χ1) is 8.98. The molecule has 1 saturated heterocycles. The van der Waals surface area contributed by atoms with Crippen molar-refractivity contribution in [3.8, 4) is 0 Å². The number of amides is 1. The predicted molar refractivity (Wildman–Crippen MR) is 74.8 cm³/mol. The molecule has 1 unspecified atom stereocenters. The van der Waals surface area contributed by atoms with Crippen molar-refractivity contribution in [2.75, 3.05) is 13.1 Å². The number of halogens is 1. The standard InChI is InChI=1S/C13H16ClNO3S/c1-2-5-13(12(17)18)6-7-15(8-13)11(16)9-3-4-10(14)19-9/h3-4H,2,5-8H2,1H3,(H,17,18). The summed E-state index contributed by atoms with van der Waals surface area (Å²) in [6.45, 7) is 2.76. The molecule has 2 heterocycles.